The summed E-state index contributed by atoms with van der Waals surface area (Å²) in [6.45, 7) is 0. The number of fused-ring (bicyclic) bond motifs is 1. The Kier molecular flexibility index (Phi) is 3.63. The van der Waals surface area contributed by atoms with Crippen molar-refractivity contribution in [3.05, 3.63) is 77.1 Å². The molecule has 2 aromatic carbocycles. The molecule has 2 aromatic heterocycles. The molecule has 0 unspecified atom stereocenters. The van der Waals surface area contributed by atoms with Gasteiger partial charge < -0.3 is 5.11 Å². The maximum atomic E-state index is 9.53. The smallest absolute Gasteiger partial charge is 0.177 e. The zero-order chi connectivity index (χ0) is 16.5. The highest BCUT2D eigenvalue weighted by Crippen LogP contribution is 2.25. The number of halogens is 1. The number of phenolic OH excluding ortho intramolecular Hbond substituents is 1. The molecular formula is C18H13ClN4O. The molecule has 1 N–H and O–H groups in total. The van der Waals surface area contributed by atoms with Gasteiger partial charge in [-0.1, -0.05) is 48.0 Å². The lowest BCUT2D eigenvalue weighted by molar-refractivity contribution is 0.475. The fourth-order valence-corrected chi connectivity index (χ4v) is 2.75. The fraction of sp³-hybridized carbons (Fsp3) is 0.0556. The molecule has 5 nitrogen and oxygen atoms in total. The van der Waals surface area contributed by atoms with Crippen molar-refractivity contribution in [2.24, 2.45) is 0 Å². The number of aromatic hydroxyl groups is 1. The molecule has 24 heavy (non-hydrogen) atoms. The summed E-state index contributed by atoms with van der Waals surface area (Å²) in [5.74, 6) is 0.778. The molecule has 0 atom stereocenters. The number of hydrogen-bond acceptors (Lipinski definition) is 4. The second kappa shape index (κ2) is 5.94. The molecule has 118 valence electrons. The number of phenols is 1. The van der Waals surface area contributed by atoms with Crippen LogP contribution in [0.15, 0.2) is 60.7 Å². The molecule has 0 aliphatic heterocycles. The standard InChI is InChI=1S/C18H13ClN4O/c19-14-10-12(6-8-16(14)24)11-18-21-20-17-9-7-15(22-23(17)18)13-4-2-1-3-5-13/h1-10,24H,11H2. The summed E-state index contributed by atoms with van der Waals surface area (Å²) in [7, 11) is 0. The predicted molar refractivity (Wildman–Crippen MR) is 92.1 cm³/mol. The van der Waals surface area contributed by atoms with E-state index in [4.69, 9.17) is 11.6 Å². The highest BCUT2D eigenvalue weighted by molar-refractivity contribution is 6.32. The van der Waals surface area contributed by atoms with Gasteiger partial charge >= 0.3 is 0 Å². The summed E-state index contributed by atoms with van der Waals surface area (Å²) >= 11 is 5.97. The Morgan fingerprint density at radius 3 is 2.58 bits per heavy atom. The fourth-order valence-electron chi connectivity index (χ4n) is 2.55. The molecule has 0 aliphatic carbocycles. The van der Waals surface area contributed by atoms with Crippen LogP contribution in [0.3, 0.4) is 0 Å². The summed E-state index contributed by atoms with van der Waals surface area (Å²) in [5.41, 5.74) is 3.51. The van der Waals surface area contributed by atoms with E-state index in [1.54, 1.807) is 16.6 Å². The van der Waals surface area contributed by atoms with E-state index in [1.807, 2.05) is 48.5 Å². The van der Waals surface area contributed by atoms with Gasteiger partial charge in [-0.15, -0.1) is 10.2 Å². The zero-order valence-corrected chi connectivity index (χ0v) is 13.4. The second-order valence-electron chi connectivity index (χ2n) is 5.43. The molecule has 4 aromatic rings. The number of aromatic nitrogens is 4. The van der Waals surface area contributed by atoms with E-state index in [1.165, 1.54) is 0 Å². The van der Waals surface area contributed by atoms with E-state index in [0.29, 0.717) is 22.9 Å². The predicted octanol–water partition coefficient (Wildman–Crippen LogP) is 3.74. The van der Waals surface area contributed by atoms with Crippen LogP contribution in [0.2, 0.25) is 5.02 Å². The van der Waals surface area contributed by atoms with Crippen LogP contribution in [0.1, 0.15) is 11.4 Å². The molecule has 2 heterocycles. The van der Waals surface area contributed by atoms with Crippen molar-refractivity contribution in [2.45, 2.75) is 6.42 Å². The van der Waals surface area contributed by atoms with Crippen LogP contribution >= 0.6 is 11.6 Å². The molecule has 0 radical (unpaired) electrons. The van der Waals surface area contributed by atoms with Gasteiger partial charge in [0.05, 0.1) is 10.7 Å². The maximum Gasteiger partial charge on any atom is 0.177 e. The van der Waals surface area contributed by atoms with E-state index in [2.05, 4.69) is 15.3 Å². The highest BCUT2D eigenvalue weighted by Gasteiger charge is 2.10. The highest BCUT2D eigenvalue weighted by atomic mass is 35.5. The minimum Gasteiger partial charge on any atom is -0.506 e. The normalized spacial score (nSPS) is 11.0. The van der Waals surface area contributed by atoms with E-state index in [-0.39, 0.29) is 5.75 Å². The van der Waals surface area contributed by atoms with Gasteiger partial charge in [0.25, 0.3) is 0 Å². The second-order valence-corrected chi connectivity index (χ2v) is 5.84. The average molecular weight is 337 g/mol. The van der Waals surface area contributed by atoms with E-state index < -0.39 is 0 Å². The van der Waals surface area contributed by atoms with Crippen LogP contribution < -0.4 is 0 Å². The largest absolute Gasteiger partial charge is 0.506 e. The summed E-state index contributed by atoms with van der Waals surface area (Å²) in [6.07, 6.45) is 0.520. The molecular weight excluding hydrogens is 324 g/mol. The Balaban J connectivity index is 1.74. The quantitative estimate of drug-likeness (QED) is 0.619. The number of hydrogen-bond donors (Lipinski definition) is 1. The van der Waals surface area contributed by atoms with Gasteiger partial charge in [-0.25, -0.2) is 0 Å². The number of benzene rings is 2. The Labute approximate surface area is 143 Å². The summed E-state index contributed by atoms with van der Waals surface area (Å²) in [4.78, 5) is 0. The monoisotopic (exact) mass is 336 g/mol. The van der Waals surface area contributed by atoms with Crippen molar-refractivity contribution in [2.75, 3.05) is 0 Å². The van der Waals surface area contributed by atoms with Crippen LogP contribution in [0.5, 0.6) is 5.75 Å². The molecule has 0 saturated heterocycles. The van der Waals surface area contributed by atoms with Crippen molar-refractivity contribution in [3.63, 3.8) is 0 Å². The van der Waals surface area contributed by atoms with Crippen LogP contribution in [0.25, 0.3) is 16.9 Å². The van der Waals surface area contributed by atoms with Gasteiger partial charge in [0.1, 0.15) is 5.75 Å². The first-order valence-corrected chi connectivity index (χ1v) is 7.83. The van der Waals surface area contributed by atoms with Crippen molar-refractivity contribution in [1.29, 1.82) is 0 Å². The molecule has 4 rings (SSSR count). The van der Waals surface area contributed by atoms with Crippen molar-refractivity contribution in [1.82, 2.24) is 19.8 Å². The van der Waals surface area contributed by atoms with Crippen molar-refractivity contribution < 1.29 is 5.11 Å². The van der Waals surface area contributed by atoms with Gasteiger partial charge in [-0.3, -0.25) is 0 Å². The molecule has 0 saturated carbocycles. The topological polar surface area (TPSA) is 63.3 Å². The molecule has 0 amide bonds. The van der Waals surface area contributed by atoms with Gasteiger partial charge in [0.15, 0.2) is 11.5 Å². The van der Waals surface area contributed by atoms with Gasteiger partial charge in [-0.2, -0.15) is 9.61 Å². The van der Waals surface area contributed by atoms with E-state index >= 15 is 0 Å². The number of rotatable bonds is 3. The van der Waals surface area contributed by atoms with Crippen LogP contribution in [0, 0.1) is 0 Å². The Hall–Kier alpha value is -2.92. The van der Waals surface area contributed by atoms with E-state index in [9.17, 15) is 5.11 Å². The Morgan fingerprint density at radius 1 is 0.958 bits per heavy atom. The lowest BCUT2D eigenvalue weighted by atomic mass is 10.1. The summed E-state index contributed by atoms with van der Waals surface area (Å²) in [5, 5.41) is 22.9. The zero-order valence-electron chi connectivity index (χ0n) is 12.6. The van der Waals surface area contributed by atoms with Crippen LogP contribution in [-0.4, -0.2) is 24.9 Å². The average Bonchev–Trinajstić information content (AvgIpc) is 3.01. The lowest BCUT2D eigenvalue weighted by Gasteiger charge is -2.04. The minimum atomic E-state index is 0.0657. The molecule has 6 heteroatoms. The molecule has 0 aliphatic rings. The molecule has 0 spiro atoms. The first-order valence-electron chi connectivity index (χ1n) is 7.45. The van der Waals surface area contributed by atoms with Gasteiger partial charge in [0, 0.05) is 12.0 Å². The van der Waals surface area contributed by atoms with Crippen LogP contribution in [-0.2, 0) is 6.42 Å². The van der Waals surface area contributed by atoms with Gasteiger partial charge in [-0.05, 0) is 29.8 Å². The Bertz CT molecular complexity index is 1010. The Morgan fingerprint density at radius 2 is 1.79 bits per heavy atom. The van der Waals surface area contributed by atoms with Crippen molar-refractivity contribution >= 4 is 17.2 Å². The lowest BCUT2D eigenvalue weighted by Crippen LogP contribution is -2.01. The maximum absolute atomic E-state index is 9.53. The molecule has 0 bridgehead atoms. The first-order chi connectivity index (χ1) is 11.7. The molecule has 0 fully saturated rings. The van der Waals surface area contributed by atoms with Gasteiger partial charge in [0.2, 0.25) is 0 Å². The van der Waals surface area contributed by atoms with Crippen molar-refractivity contribution in [3.8, 4) is 17.0 Å². The summed E-state index contributed by atoms with van der Waals surface area (Å²) in [6, 6.07) is 18.9. The number of nitrogens with zero attached hydrogens (tertiary/aromatic N) is 4. The third-order valence-electron chi connectivity index (χ3n) is 3.77. The SMILES string of the molecule is Oc1ccc(Cc2nnc3ccc(-c4ccccc4)nn23)cc1Cl. The summed E-state index contributed by atoms with van der Waals surface area (Å²) < 4.78 is 1.74. The minimum absolute atomic E-state index is 0.0657. The third kappa shape index (κ3) is 2.70. The first kappa shape index (κ1) is 14.7. The third-order valence-corrected chi connectivity index (χ3v) is 4.07. The van der Waals surface area contributed by atoms with Crippen LogP contribution in [0.4, 0.5) is 0 Å². The van der Waals surface area contributed by atoms with E-state index in [0.717, 1.165) is 16.8 Å².